The molecule has 5 heteroatoms. The fourth-order valence-electron chi connectivity index (χ4n) is 1.63. The van der Waals surface area contributed by atoms with E-state index in [4.69, 9.17) is 0 Å². The lowest BCUT2D eigenvalue weighted by Gasteiger charge is -1.99. The van der Waals surface area contributed by atoms with Gasteiger partial charge < -0.3 is 5.32 Å². The molecule has 3 rings (SSSR count). The van der Waals surface area contributed by atoms with Gasteiger partial charge in [0.05, 0.1) is 21.6 Å². The molecule has 0 saturated carbocycles. The zero-order valence-corrected chi connectivity index (χ0v) is 11.1. The van der Waals surface area contributed by atoms with Gasteiger partial charge in [0.15, 0.2) is 10.9 Å². The summed E-state index contributed by atoms with van der Waals surface area (Å²) in [7, 11) is 0. The summed E-state index contributed by atoms with van der Waals surface area (Å²) in [4.78, 5) is 17.0. The molecule has 0 radical (unpaired) electrons. The van der Waals surface area contributed by atoms with E-state index >= 15 is 0 Å². The number of thiophene rings is 1. The molecule has 2 heterocycles. The smallest absolute Gasteiger partial charge is 0.191 e. The molecule has 0 atom stereocenters. The van der Waals surface area contributed by atoms with Crippen molar-refractivity contribution in [2.24, 2.45) is 0 Å². The first-order valence-corrected chi connectivity index (χ1v) is 7.19. The highest BCUT2D eigenvalue weighted by Gasteiger charge is 2.08. The predicted octanol–water partition coefficient (Wildman–Crippen LogP) is 3.65. The van der Waals surface area contributed by atoms with Crippen molar-refractivity contribution >= 4 is 43.8 Å². The molecule has 3 aromatic rings. The minimum Gasteiger partial charge on any atom is -0.354 e. The van der Waals surface area contributed by atoms with Crippen LogP contribution in [0.15, 0.2) is 41.8 Å². The first-order chi connectivity index (χ1) is 8.83. The van der Waals surface area contributed by atoms with Crippen LogP contribution in [0.4, 0.5) is 5.13 Å². The molecular formula is C13H10N2OS2. The Morgan fingerprint density at radius 3 is 2.89 bits per heavy atom. The number of fused-ring (bicyclic) bond motifs is 1. The van der Waals surface area contributed by atoms with Crippen LogP contribution in [-0.2, 0) is 0 Å². The lowest BCUT2D eigenvalue weighted by atomic mass is 10.3. The minimum atomic E-state index is 0.101. The van der Waals surface area contributed by atoms with Crippen molar-refractivity contribution < 1.29 is 4.79 Å². The van der Waals surface area contributed by atoms with Crippen molar-refractivity contribution in [2.45, 2.75) is 0 Å². The number of hydrogen-bond donors (Lipinski definition) is 1. The number of aromatic nitrogens is 1. The number of para-hydroxylation sites is 1. The number of rotatable bonds is 4. The topological polar surface area (TPSA) is 42.0 Å². The van der Waals surface area contributed by atoms with E-state index in [1.807, 2.05) is 41.8 Å². The molecule has 0 fully saturated rings. The summed E-state index contributed by atoms with van der Waals surface area (Å²) >= 11 is 3.03. The van der Waals surface area contributed by atoms with Crippen molar-refractivity contribution in [3.8, 4) is 0 Å². The van der Waals surface area contributed by atoms with Crippen molar-refractivity contribution in [1.82, 2.24) is 4.98 Å². The monoisotopic (exact) mass is 274 g/mol. The molecule has 2 aromatic heterocycles. The number of carbonyl (C=O) groups is 1. The van der Waals surface area contributed by atoms with Crippen LogP contribution in [-0.4, -0.2) is 17.3 Å². The summed E-state index contributed by atoms with van der Waals surface area (Å²) in [6, 6.07) is 11.7. The Morgan fingerprint density at radius 1 is 1.22 bits per heavy atom. The highest BCUT2D eigenvalue weighted by atomic mass is 32.1. The number of nitrogens with zero attached hydrogens (tertiary/aromatic N) is 1. The fourth-order valence-corrected chi connectivity index (χ4v) is 3.15. The van der Waals surface area contributed by atoms with Gasteiger partial charge in [0.1, 0.15) is 0 Å². The third-order valence-electron chi connectivity index (χ3n) is 2.49. The SMILES string of the molecule is O=C(CNc1nc2ccccc2s1)c1cccs1. The molecule has 0 unspecified atom stereocenters. The van der Waals surface area contributed by atoms with E-state index in [0.29, 0.717) is 6.54 Å². The van der Waals surface area contributed by atoms with Crippen LogP contribution in [0.25, 0.3) is 10.2 Å². The average Bonchev–Trinajstić information content (AvgIpc) is 3.04. The second-order valence-electron chi connectivity index (χ2n) is 3.74. The van der Waals surface area contributed by atoms with E-state index in [-0.39, 0.29) is 5.78 Å². The maximum atomic E-state index is 11.8. The Morgan fingerprint density at radius 2 is 2.11 bits per heavy atom. The first kappa shape index (κ1) is 11.4. The largest absolute Gasteiger partial charge is 0.354 e. The second-order valence-corrected chi connectivity index (χ2v) is 5.72. The molecule has 0 aliphatic rings. The van der Waals surface area contributed by atoms with Gasteiger partial charge in [-0.15, -0.1) is 11.3 Å². The molecule has 0 aliphatic carbocycles. The second kappa shape index (κ2) is 4.88. The van der Waals surface area contributed by atoms with Gasteiger partial charge >= 0.3 is 0 Å². The van der Waals surface area contributed by atoms with Crippen molar-refractivity contribution in [1.29, 1.82) is 0 Å². The van der Waals surface area contributed by atoms with Crippen LogP contribution in [0.2, 0.25) is 0 Å². The number of nitrogens with one attached hydrogen (secondary N) is 1. The highest BCUT2D eigenvalue weighted by molar-refractivity contribution is 7.22. The summed E-state index contributed by atoms with van der Waals surface area (Å²) in [5.74, 6) is 0.101. The summed E-state index contributed by atoms with van der Waals surface area (Å²) in [6.45, 7) is 0.292. The van der Waals surface area contributed by atoms with E-state index in [2.05, 4.69) is 10.3 Å². The average molecular weight is 274 g/mol. The summed E-state index contributed by atoms with van der Waals surface area (Å²) in [6.07, 6.45) is 0. The van der Waals surface area contributed by atoms with Crippen LogP contribution in [0.3, 0.4) is 0 Å². The minimum absolute atomic E-state index is 0.101. The van der Waals surface area contributed by atoms with Crippen LogP contribution < -0.4 is 5.32 Å². The van der Waals surface area contributed by atoms with E-state index in [0.717, 1.165) is 20.2 Å². The van der Waals surface area contributed by atoms with Gasteiger partial charge in [-0.25, -0.2) is 4.98 Å². The molecule has 90 valence electrons. The van der Waals surface area contributed by atoms with Crippen molar-refractivity contribution in [2.75, 3.05) is 11.9 Å². The molecule has 0 bridgehead atoms. The standard InChI is InChI=1S/C13H10N2OS2/c16-10(12-6-3-7-17-12)8-14-13-15-9-4-1-2-5-11(9)18-13/h1-7H,8H2,(H,14,15). The van der Waals surface area contributed by atoms with Crippen molar-refractivity contribution in [3.05, 3.63) is 46.7 Å². The third-order valence-corrected chi connectivity index (χ3v) is 4.40. The van der Waals surface area contributed by atoms with Gasteiger partial charge in [0, 0.05) is 0 Å². The number of ketones is 1. The molecule has 1 N–H and O–H groups in total. The number of hydrogen-bond acceptors (Lipinski definition) is 5. The Labute approximate surface area is 112 Å². The number of anilines is 1. The molecule has 0 aliphatic heterocycles. The maximum Gasteiger partial charge on any atom is 0.191 e. The van der Waals surface area contributed by atoms with Gasteiger partial charge in [-0.05, 0) is 23.6 Å². The van der Waals surface area contributed by atoms with Crippen LogP contribution in [0, 0.1) is 0 Å². The zero-order valence-electron chi connectivity index (χ0n) is 9.42. The lowest BCUT2D eigenvalue weighted by Crippen LogP contribution is -2.12. The summed E-state index contributed by atoms with van der Waals surface area (Å²) in [5, 5.41) is 5.79. The molecule has 18 heavy (non-hydrogen) atoms. The van der Waals surface area contributed by atoms with E-state index in [1.165, 1.54) is 11.3 Å². The lowest BCUT2D eigenvalue weighted by molar-refractivity contribution is 0.101. The molecule has 0 amide bonds. The number of Topliss-reactive ketones (excluding diaryl/α,β-unsaturated/α-hetero) is 1. The number of carbonyl (C=O) groups excluding carboxylic acids is 1. The van der Waals surface area contributed by atoms with Crippen molar-refractivity contribution in [3.63, 3.8) is 0 Å². The quantitative estimate of drug-likeness (QED) is 0.738. The fraction of sp³-hybridized carbons (Fsp3) is 0.0769. The number of benzene rings is 1. The van der Waals surface area contributed by atoms with Gasteiger partial charge in [-0.2, -0.15) is 0 Å². The van der Waals surface area contributed by atoms with Gasteiger partial charge in [-0.3, -0.25) is 4.79 Å². The Hall–Kier alpha value is -1.72. The van der Waals surface area contributed by atoms with Crippen LogP contribution in [0.5, 0.6) is 0 Å². The highest BCUT2D eigenvalue weighted by Crippen LogP contribution is 2.25. The first-order valence-electron chi connectivity index (χ1n) is 5.49. The Bertz CT molecular complexity index is 640. The molecule has 3 nitrogen and oxygen atoms in total. The third kappa shape index (κ3) is 2.27. The summed E-state index contributed by atoms with van der Waals surface area (Å²) in [5.41, 5.74) is 0.966. The van der Waals surface area contributed by atoms with Gasteiger partial charge in [0.25, 0.3) is 0 Å². The van der Waals surface area contributed by atoms with Crippen LogP contribution in [0.1, 0.15) is 9.67 Å². The Kier molecular flexibility index (Phi) is 3.08. The normalized spacial score (nSPS) is 10.7. The molecular weight excluding hydrogens is 264 g/mol. The predicted molar refractivity (Wildman–Crippen MR) is 76.8 cm³/mol. The van der Waals surface area contributed by atoms with E-state index in [9.17, 15) is 4.79 Å². The van der Waals surface area contributed by atoms with E-state index < -0.39 is 0 Å². The summed E-state index contributed by atoms with van der Waals surface area (Å²) < 4.78 is 1.13. The maximum absolute atomic E-state index is 11.8. The molecule has 1 aromatic carbocycles. The zero-order chi connectivity index (χ0) is 12.4. The molecule has 0 spiro atoms. The van der Waals surface area contributed by atoms with Gasteiger partial charge in [0.2, 0.25) is 0 Å². The Balaban J connectivity index is 1.71. The van der Waals surface area contributed by atoms with E-state index in [1.54, 1.807) is 11.3 Å². The van der Waals surface area contributed by atoms with Crippen LogP contribution >= 0.6 is 22.7 Å². The molecule has 0 saturated heterocycles. The van der Waals surface area contributed by atoms with Gasteiger partial charge in [-0.1, -0.05) is 29.5 Å². The number of thiazole rings is 1.